The molecule has 0 aliphatic rings. The van der Waals surface area contributed by atoms with E-state index >= 15 is 0 Å². The van der Waals surface area contributed by atoms with Gasteiger partial charge in [-0.3, -0.25) is 15.7 Å². The summed E-state index contributed by atoms with van der Waals surface area (Å²) in [6.07, 6.45) is 4.15. The number of nitrogen functional groups attached to an aromatic ring is 2. The molecule has 0 radical (unpaired) electrons. The van der Waals surface area contributed by atoms with Gasteiger partial charge in [0.05, 0.1) is 34.5 Å². The fraction of sp³-hybridized carbons (Fsp3) is 0.158. The first kappa shape index (κ1) is 18.3. The lowest BCUT2D eigenvalue weighted by molar-refractivity contribution is 0.645. The Bertz CT molecular complexity index is 1430. The number of nitrogens with one attached hydrogen (secondary N) is 2. The highest BCUT2D eigenvalue weighted by atomic mass is 32.1. The van der Waals surface area contributed by atoms with Crippen molar-refractivity contribution in [1.82, 2.24) is 29.5 Å². The summed E-state index contributed by atoms with van der Waals surface area (Å²) >= 11 is 1.56. The van der Waals surface area contributed by atoms with E-state index in [0.29, 0.717) is 23.3 Å². The van der Waals surface area contributed by atoms with Crippen molar-refractivity contribution in [1.29, 1.82) is 0 Å². The fourth-order valence-electron chi connectivity index (χ4n) is 3.65. The molecular formula is C19H19N9OS. The highest BCUT2D eigenvalue weighted by Gasteiger charge is 2.19. The molecule has 0 aliphatic heterocycles. The van der Waals surface area contributed by atoms with Crippen LogP contribution in [0.1, 0.15) is 16.3 Å². The lowest BCUT2D eigenvalue weighted by Gasteiger charge is -2.12. The normalized spacial score (nSPS) is 11.5. The van der Waals surface area contributed by atoms with Gasteiger partial charge in [-0.15, -0.1) is 11.3 Å². The van der Waals surface area contributed by atoms with E-state index in [1.54, 1.807) is 29.8 Å². The molecule has 30 heavy (non-hydrogen) atoms. The van der Waals surface area contributed by atoms with E-state index < -0.39 is 0 Å². The average Bonchev–Trinajstić information content (AvgIpc) is 3.44. The number of hydrogen-bond donors (Lipinski definition) is 4. The number of para-hydroxylation sites is 1. The maximum absolute atomic E-state index is 13.2. The van der Waals surface area contributed by atoms with Crippen molar-refractivity contribution in [2.75, 3.05) is 11.2 Å². The number of aryl methyl sites for hydroxylation is 1. The van der Waals surface area contributed by atoms with Crippen molar-refractivity contribution < 1.29 is 0 Å². The predicted octanol–water partition coefficient (Wildman–Crippen LogP) is 1.57. The number of nitrogens with two attached hydrogens (primary N) is 2. The SMILES string of the molecule is Cn1c2nc(Cc3cc[nH]n3)sc2c2cnn(Cc3cccc(N)c3NN)c(=O)c21. The first-order valence-corrected chi connectivity index (χ1v) is 10.0. The topological polar surface area (TPSA) is 145 Å². The minimum atomic E-state index is -0.195. The first-order chi connectivity index (χ1) is 14.6. The van der Waals surface area contributed by atoms with Gasteiger partial charge in [-0.2, -0.15) is 10.2 Å². The number of rotatable bonds is 5. The Kier molecular flexibility index (Phi) is 4.26. The number of aromatic nitrogens is 6. The number of thiazole rings is 1. The Morgan fingerprint density at radius 1 is 1.30 bits per heavy atom. The van der Waals surface area contributed by atoms with E-state index in [2.05, 4.69) is 20.7 Å². The number of nitrogens with zero attached hydrogens (tertiary/aromatic N) is 5. The van der Waals surface area contributed by atoms with Crippen molar-refractivity contribution in [3.63, 3.8) is 0 Å². The van der Waals surface area contributed by atoms with Gasteiger partial charge in [-0.25, -0.2) is 9.67 Å². The summed E-state index contributed by atoms with van der Waals surface area (Å²) < 4.78 is 4.19. The highest BCUT2D eigenvalue weighted by Crippen LogP contribution is 2.31. The van der Waals surface area contributed by atoms with Crippen molar-refractivity contribution in [2.24, 2.45) is 12.9 Å². The molecule has 0 amide bonds. The lowest BCUT2D eigenvalue weighted by Crippen LogP contribution is -2.25. The minimum Gasteiger partial charge on any atom is -0.397 e. The van der Waals surface area contributed by atoms with Crippen LogP contribution in [-0.2, 0) is 20.0 Å². The molecule has 5 rings (SSSR count). The summed E-state index contributed by atoms with van der Waals surface area (Å²) in [7, 11) is 1.85. The summed E-state index contributed by atoms with van der Waals surface area (Å²) in [5, 5.41) is 13.1. The van der Waals surface area contributed by atoms with Crippen LogP contribution in [0.3, 0.4) is 0 Å². The third-order valence-corrected chi connectivity index (χ3v) is 6.19. The maximum Gasteiger partial charge on any atom is 0.291 e. The van der Waals surface area contributed by atoms with Gasteiger partial charge in [0.1, 0.15) is 10.5 Å². The van der Waals surface area contributed by atoms with Gasteiger partial charge in [0, 0.05) is 30.6 Å². The van der Waals surface area contributed by atoms with Crippen LogP contribution in [0, 0.1) is 0 Å². The van der Waals surface area contributed by atoms with Crippen LogP contribution in [0.15, 0.2) is 41.5 Å². The monoisotopic (exact) mass is 421 g/mol. The Labute approximate surface area is 174 Å². The van der Waals surface area contributed by atoms with Crippen LogP contribution in [0.25, 0.3) is 21.3 Å². The third-order valence-electron chi connectivity index (χ3n) is 5.11. The largest absolute Gasteiger partial charge is 0.397 e. The van der Waals surface area contributed by atoms with Gasteiger partial charge in [0.15, 0.2) is 5.65 Å². The molecule has 6 N–H and O–H groups in total. The van der Waals surface area contributed by atoms with Crippen LogP contribution in [0.2, 0.25) is 0 Å². The summed E-state index contributed by atoms with van der Waals surface area (Å²) in [6, 6.07) is 7.34. The molecule has 152 valence electrons. The maximum atomic E-state index is 13.2. The van der Waals surface area contributed by atoms with Gasteiger partial charge in [-0.1, -0.05) is 12.1 Å². The molecule has 0 aliphatic carbocycles. The van der Waals surface area contributed by atoms with Crippen molar-refractivity contribution in [2.45, 2.75) is 13.0 Å². The van der Waals surface area contributed by atoms with E-state index in [1.807, 2.05) is 29.8 Å². The molecule has 0 unspecified atom stereocenters. The Morgan fingerprint density at radius 2 is 2.17 bits per heavy atom. The molecule has 0 spiro atoms. The Balaban J connectivity index is 1.58. The number of hydrazine groups is 1. The van der Waals surface area contributed by atoms with E-state index in [-0.39, 0.29) is 12.1 Å². The van der Waals surface area contributed by atoms with Crippen molar-refractivity contribution >= 4 is 44.0 Å². The van der Waals surface area contributed by atoms with E-state index in [0.717, 1.165) is 32.0 Å². The Morgan fingerprint density at radius 3 is 2.93 bits per heavy atom. The van der Waals surface area contributed by atoms with E-state index in [4.69, 9.17) is 16.6 Å². The second-order valence-electron chi connectivity index (χ2n) is 6.96. The Hall–Kier alpha value is -3.70. The molecule has 4 heterocycles. The van der Waals surface area contributed by atoms with Gasteiger partial charge in [-0.05, 0) is 12.1 Å². The summed E-state index contributed by atoms with van der Waals surface area (Å²) in [5.74, 6) is 5.60. The van der Waals surface area contributed by atoms with Crippen LogP contribution in [0.5, 0.6) is 0 Å². The van der Waals surface area contributed by atoms with Gasteiger partial charge in [0.25, 0.3) is 5.56 Å². The van der Waals surface area contributed by atoms with Gasteiger partial charge in [0.2, 0.25) is 0 Å². The molecule has 0 bridgehead atoms. The number of aromatic amines is 1. The average molecular weight is 421 g/mol. The molecule has 4 aromatic heterocycles. The van der Waals surface area contributed by atoms with Gasteiger partial charge < -0.3 is 15.7 Å². The van der Waals surface area contributed by atoms with Crippen LogP contribution in [-0.4, -0.2) is 29.5 Å². The summed E-state index contributed by atoms with van der Waals surface area (Å²) in [5.41, 5.74) is 12.5. The fourth-order valence-corrected chi connectivity index (χ4v) is 4.78. The number of anilines is 2. The number of H-pyrrole nitrogens is 1. The van der Waals surface area contributed by atoms with Crippen molar-refractivity contribution in [3.05, 3.63) is 63.3 Å². The zero-order chi connectivity index (χ0) is 20.8. The number of benzene rings is 1. The molecule has 10 nitrogen and oxygen atoms in total. The summed E-state index contributed by atoms with van der Waals surface area (Å²) in [4.78, 5) is 17.9. The summed E-state index contributed by atoms with van der Waals surface area (Å²) in [6.45, 7) is 0.246. The predicted molar refractivity (Wildman–Crippen MR) is 117 cm³/mol. The minimum absolute atomic E-state index is 0.195. The molecule has 1 aromatic carbocycles. The quantitative estimate of drug-likeness (QED) is 0.191. The van der Waals surface area contributed by atoms with Crippen molar-refractivity contribution in [3.8, 4) is 0 Å². The standard InChI is InChI=1S/C19H19N9OS/c1-27-16-12(17-18(27)24-14(30-17)7-11-5-6-22-26-11)8-23-28(19(16)29)9-10-3-2-4-13(20)15(10)25-21/h2-6,8,25H,7,9,20-21H2,1H3,(H,22,26). The molecule has 0 atom stereocenters. The van der Waals surface area contributed by atoms with E-state index in [1.165, 1.54) is 4.68 Å². The molecule has 0 saturated heterocycles. The second-order valence-corrected chi connectivity index (χ2v) is 8.04. The highest BCUT2D eigenvalue weighted by molar-refractivity contribution is 7.19. The lowest BCUT2D eigenvalue weighted by atomic mass is 10.1. The third kappa shape index (κ3) is 2.83. The molecular weight excluding hydrogens is 402 g/mol. The number of hydrogen-bond acceptors (Lipinski definition) is 8. The molecule has 5 aromatic rings. The molecule has 11 heteroatoms. The van der Waals surface area contributed by atoms with Crippen LogP contribution in [0.4, 0.5) is 11.4 Å². The second kappa shape index (κ2) is 6.97. The first-order valence-electron chi connectivity index (χ1n) is 9.23. The molecule has 0 saturated carbocycles. The van der Waals surface area contributed by atoms with Crippen LogP contribution < -0.4 is 22.6 Å². The zero-order valence-electron chi connectivity index (χ0n) is 16.1. The smallest absolute Gasteiger partial charge is 0.291 e. The zero-order valence-corrected chi connectivity index (χ0v) is 16.9. The number of fused-ring (bicyclic) bond motifs is 3. The molecule has 0 fully saturated rings. The van der Waals surface area contributed by atoms with Gasteiger partial charge >= 0.3 is 0 Å². The van der Waals surface area contributed by atoms with E-state index in [9.17, 15) is 4.79 Å². The van der Waals surface area contributed by atoms with Crippen LogP contribution >= 0.6 is 11.3 Å².